The van der Waals surface area contributed by atoms with Crippen molar-refractivity contribution in [3.8, 4) is 11.5 Å². The van der Waals surface area contributed by atoms with Crippen molar-refractivity contribution in [3.05, 3.63) is 58.7 Å². The molecule has 2 aliphatic heterocycles. The topological polar surface area (TPSA) is 27.7 Å². The summed E-state index contributed by atoms with van der Waals surface area (Å²) in [5.41, 5.74) is 7.18. The third-order valence-electron chi connectivity index (χ3n) is 4.88. The minimum absolute atomic E-state index is 0.0153. The Morgan fingerprint density at radius 2 is 1.33 bits per heavy atom. The van der Waals surface area contributed by atoms with Gasteiger partial charge in [-0.2, -0.15) is 0 Å². The molecule has 0 radical (unpaired) electrons. The molecule has 3 heteroatoms. The van der Waals surface area contributed by atoms with E-state index in [-0.39, 0.29) is 12.2 Å². The van der Waals surface area contributed by atoms with Crippen LogP contribution in [0.4, 0.5) is 0 Å². The zero-order chi connectivity index (χ0) is 14.7. The molecular formula is C18H18O3. The van der Waals surface area contributed by atoms with Crippen LogP contribution < -0.4 is 9.47 Å². The zero-order valence-electron chi connectivity index (χ0n) is 12.4. The van der Waals surface area contributed by atoms with E-state index in [0.717, 1.165) is 35.5 Å². The van der Waals surface area contributed by atoms with Crippen LogP contribution in [0.3, 0.4) is 0 Å². The van der Waals surface area contributed by atoms with E-state index in [4.69, 9.17) is 14.2 Å². The maximum atomic E-state index is 6.07. The van der Waals surface area contributed by atoms with E-state index < -0.39 is 0 Å². The lowest BCUT2D eigenvalue weighted by Crippen LogP contribution is -2.21. The Labute approximate surface area is 124 Å². The Bertz CT molecular complexity index is 652. The van der Waals surface area contributed by atoms with Gasteiger partial charge >= 0.3 is 0 Å². The molecule has 3 aliphatic rings. The standard InChI is InChI=1S/C18H18O3/c1-9-10(2)18-14-8-12-11(7-13(14)17(9)21-18)15(19-3)5-6-16(12)20-4/h5-6,17-18H,1-2,7-8H2,3-4H3. The first-order chi connectivity index (χ1) is 10.2. The number of ether oxygens (including phenoxy) is 3. The smallest absolute Gasteiger partial charge is 0.122 e. The second-order valence-electron chi connectivity index (χ2n) is 5.78. The maximum absolute atomic E-state index is 6.07. The van der Waals surface area contributed by atoms with Crippen LogP contribution in [0.5, 0.6) is 11.5 Å². The predicted octanol–water partition coefficient (Wildman–Crippen LogP) is 2.99. The second-order valence-corrected chi connectivity index (χ2v) is 5.78. The number of hydrogen-bond acceptors (Lipinski definition) is 3. The van der Waals surface area contributed by atoms with Crippen LogP contribution in [0.1, 0.15) is 11.1 Å². The first-order valence-electron chi connectivity index (χ1n) is 7.13. The molecule has 108 valence electrons. The first kappa shape index (κ1) is 12.7. The van der Waals surface area contributed by atoms with Gasteiger partial charge in [-0.25, -0.2) is 0 Å². The molecule has 3 nitrogen and oxygen atoms in total. The van der Waals surface area contributed by atoms with Gasteiger partial charge in [-0.3, -0.25) is 0 Å². The fraction of sp³-hybridized carbons (Fsp3) is 0.333. The molecule has 2 bridgehead atoms. The third-order valence-corrected chi connectivity index (χ3v) is 4.88. The summed E-state index contributed by atoms with van der Waals surface area (Å²) in [4.78, 5) is 0. The van der Waals surface area contributed by atoms with E-state index in [1.54, 1.807) is 14.2 Å². The number of benzene rings is 1. The van der Waals surface area contributed by atoms with Crippen LogP contribution in [0.25, 0.3) is 0 Å². The van der Waals surface area contributed by atoms with Crippen molar-refractivity contribution >= 4 is 0 Å². The Morgan fingerprint density at radius 3 is 1.71 bits per heavy atom. The van der Waals surface area contributed by atoms with Crippen LogP contribution in [0, 0.1) is 0 Å². The SMILES string of the molecule is C=C1C(=C)C2OC1C1=C2Cc2c(OC)ccc(OC)c2C1. The Hall–Kier alpha value is -2.00. The van der Waals surface area contributed by atoms with Crippen LogP contribution in [0.15, 0.2) is 47.6 Å². The highest BCUT2D eigenvalue weighted by Crippen LogP contribution is 2.51. The lowest BCUT2D eigenvalue weighted by Gasteiger charge is -2.28. The van der Waals surface area contributed by atoms with E-state index >= 15 is 0 Å². The average Bonchev–Trinajstić information content (AvgIpc) is 3.01. The Kier molecular flexibility index (Phi) is 2.57. The van der Waals surface area contributed by atoms with Crippen molar-refractivity contribution in [2.24, 2.45) is 0 Å². The van der Waals surface area contributed by atoms with Crippen molar-refractivity contribution in [1.82, 2.24) is 0 Å². The summed E-state index contributed by atoms with van der Waals surface area (Å²) in [7, 11) is 3.42. The summed E-state index contributed by atoms with van der Waals surface area (Å²) in [5.74, 6) is 1.84. The summed E-state index contributed by atoms with van der Waals surface area (Å²) in [6.45, 7) is 8.25. The minimum Gasteiger partial charge on any atom is -0.496 e. The summed E-state index contributed by atoms with van der Waals surface area (Å²) in [6, 6.07) is 3.95. The number of hydrogen-bond donors (Lipinski definition) is 0. The minimum atomic E-state index is 0.0153. The maximum Gasteiger partial charge on any atom is 0.122 e. The molecule has 4 rings (SSSR count). The largest absolute Gasteiger partial charge is 0.496 e. The normalized spacial score (nSPS) is 26.0. The lowest BCUT2D eigenvalue weighted by atomic mass is 9.75. The van der Waals surface area contributed by atoms with E-state index in [2.05, 4.69) is 13.2 Å². The van der Waals surface area contributed by atoms with Crippen molar-refractivity contribution in [1.29, 1.82) is 0 Å². The number of fused-ring (bicyclic) bond motifs is 5. The molecule has 0 N–H and O–H groups in total. The molecule has 0 spiro atoms. The molecule has 2 heterocycles. The summed E-state index contributed by atoms with van der Waals surface area (Å²) >= 11 is 0. The molecule has 1 aliphatic carbocycles. The Morgan fingerprint density at radius 1 is 0.905 bits per heavy atom. The monoisotopic (exact) mass is 282 g/mol. The van der Waals surface area contributed by atoms with Gasteiger partial charge in [0.15, 0.2) is 0 Å². The van der Waals surface area contributed by atoms with Gasteiger partial charge in [-0.1, -0.05) is 13.2 Å². The summed E-state index contributed by atoms with van der Waals surface area (Å²) in [5, 5.41) is 0. The molecular weight excluding hydrogens is 264 g/mol. The number of methoxy groups -OCH3 is 2. The third kappa shape index (κ3) is 1.52. The molecule has 0 amide bonds. The van der Waals surface area contributed by atoms with Gasteiger partial charge in [-0.15, -0.1) is 0 Å². The molecule has 1 aromatic carbocycles. The molecule has 1 fully saturated rings. The predicted molar refractivity (Wildman–Crippen MR) is 80.9 cm³/mol. The van der Waals surface area contributed by atoms with Crippen molar-refractivity contribution in [2.45, 2.75) is 25.0 Å². The first-order valence-corrected chi connectivity index (χ1v) is 7.13. The van der Waals surface area contributed by atoms with Crippen molar-refractivity contribution in [2.75, 3.05) is 14.2 Å². The molecule has 1 aromatic rings. The fourth-order valence-corrected chi connectivity index (χ4v) is 3.77. The van der Waals surface area contributed by atoms with Crippen molar-refractivity contribution in [3.63, 3.8) is 0 Å². The molecule has 21 heavy (non-hydrogen) atoms. The van der Waals surface area contributed by atoms with Gasteiger partial charge in [0.05, 0.1) is 14.2 Å². The van der Waals surface area contributed by atoms with E-state index in [9.17, 15) is 0 Å². The van der Waals surface area contributed by atoms with Gasteiger partial charge in [0.25, 0.3) is 0 Å². The average molecular weight is 282 g/mol. The summed E-state index contributed by atoms with van der Waals surface area (Å²) in [6.07, 6.45) is 1.72. The summed E-state index contributed by atoms with van der Waals surface area (Å²) < 4.78 is 17.1. The molecule has 1 saturated heterocycles. The molecule has 0 saturated carbocycles. The van der Waals surface area contributed by atoms with Gasteiger partial charge in [-0.05, 0) is 34.4 Å². The molecule has 2 unspecified atom stereocenters. The number of rotatable bonds is 2. The van der Waals surface area contributed by atoms with Gasteiger partial charge in [0.2, 0.25) is 0 Å². The van der Waals surface area contributed by atoms with Gasteiger partial charge in [0.1, 0.15) is 23.7 Å². The quantitative estimate of drug-likeness (QED) is 0.780. The van der Waals surface area contributed by atoms with E-state index in [1.807, 2.05) is 12.1 Å². The van der Waals surface area contributed by atoms with E-state index in [1.165, 1.54) is 22.3 Å². The van der Waals surface area contributed by atoms with Crippen LogP contribution >= 0.6 is 0 Å². The van der Waals surface area contributed by atoms with Crippen LogP contribution in [0.2, 0.25) is 0 Å². The van der Waals surface area contributed by atoms with Gasteiger partial charge in [0, 0.05) is 24.0 Å². The Balaban J connectivity index is 1.84. The fourth-order valence-electron chi connectivity index (χ4n) is 3.77. The molecule has 0 aromatic heterocycles. The molecule has 2 atom stereocenters. The zero-order valence-corrected chi connectivity index (χ0v) is 12.4. The highest BCUT2D eigenvalue weighted by Gasteiger charge is 2.47. The highest BCUT2D eigenvalue weighted by atomic mass is 16.5. The van der Waals surface area contributed by atoms with Crippen LogP contribution in [-0.4, -0.2) is 26.4 Å². The lowest BCUT2D eigenvalue weighted by molar-refractivity contribution is 0.129. The van der Waals surface area contributed by atoms with Crippen LogP contribution in [-0.2, 0) is 17.6 Å². The second kappa shape index (κ2) is 4.25. The van der Waals surface area contributed by atoms with Gasteiger partial charge < -0.3 is 14.2 Å². The van der Waals surface area contributed by atoms with E-state index in [0.29, 0.717) is 0 Å². The highest BCUT2D eigenvalue weighted by molar-refractivity contribution is 5.63. The van der Waals surface area contributed by atoms with Crippen molar-refractivity contribution < 1.29 is 14.2 Å².